The lowest BCUT2D eigenvalue weighted by atomic mass is 10.2. The molecule has 2 N–H and O–H groups in total. The van der Waals surface area contributed by atoms with Crippen molar-refractivity contribution in [2.45, 2.75) is 52.6 Å². The minimum atomic E-state index is -3.64. The Labute approximate surface area is 210 Å². The van der Waals surface area contributed by atoms with E-state index in [1.54, 1.807) is 24.3 Å². The maximum Gasteiger partial charge on any atom is 0.303 e. The molecule has 2 aliphatic rings. The van der Waals surface area contributed by atoms with Gasteiger partial charge in [0.05, 0.1) is 5.69 Å². The Morgan fingerprint density at radius 2 is 1.54 bits per heavy atom. The second kappa shape index (κ2) is 11.8. The molecule has 0 aromatic heterocycles. The molecule has 2 saturated heterocycles. The number of nitrogens with zero attached hydrogens (tertiary/aromatic N) is 3. The number of carbonyl (C=O) groups excluding carboxylic acids is 1. The molecule has 9 heteroatoms. The molecule has 2 aliphatic heterocycles. The van der Waals surface area contributed by atoms with E-state index in [0.29, 0.717) is 25.3 Å². The fraction of sp³-hybridized carbons (Fsp3) is 0.500. The van der Waals surface area contributed by atoms with E-state index in [4.69, 9.17) is 0 Å². The van der Waals surface area contributed by atoms with Crippen molar-refractivity contribution in [3.63, 3.8) is 0 Å². The van der Waals surface area contributed by atoms with Crippen LogP contribution in [0.25, 0.3) is 0 Å². The number of carbonyl (C=O) groups is 1. The lowest BCUT2D eigenvalue weighted by Crippen LogP contribution is -2.41. The van der Waals surface area contributed by atoms with Gasteiger partial charge in [0, 0.05) is 63.6 Å². The lowest BCUT2D eigenvalue weighted by molar-refractivity contribution is -0.127. The number of rotatable bonds is 7. The summed E-state index contributed by atoms with van der Waals surface area (Å²) >= 11 is 0. The van der Waals surface area contributed by atoms with Crippen molar-refractivity contribution in [2.24, 2.45) is 0 Å². The van der Waals surface area contributed by atoms with E-state index in [1.807, 2.05) is 62.1 Å². The summed E-state index contributed by atoms with van der Waals surface area (Å²) in [6.45, 7) is 9.95. The van der Waals surface area contributed by atoms with Gasteiger partial charge in [-0.1, -0.05) is 32.0 Å². The maximum atomic E-state index is 13.3. The Morgan fingerprint density at radius 3 is 2.17 bits per heavy atom. The lowest BCUT2D eigenvalue weighted by Gasteiger charge is -2.26. The van der Waals surface area contributed by atoms with Gasteiger partial charge in [-0.25, -0.2) is 0 Å². The molecule has 2 aromatic carbocycles. The van der Waals surface area contributed by atoms with Crippen LogP contribution in [-0.2, 0) is 15.0 Å². The van der Waals surface area contributed by atoms with Gasteiger partial charge in [-0.15, -0.1) is 0 Å². The van der Waals surface area contributed by atoms with E-state index in [2.05, 4.69) is 16.7 Å². The average molecular weight is 502 g/mol. The number of anilines is 3. The molecule has 2 heterocycles. The number of benzene rings is 2. The van der Waals surface area contributed by atoms with Gasteiger partial charge >= 0.3 is 10.2 Å². The Morgan fingerprint density at radius 1 is 0.943 bits per heavy atom. The summed E-state index contributed by atoms with van der Waals surface area (Å²) in [4.78, 5) is 13.4. The molecule has 2 atom stereocenters. The van der Waals surface area contributed by atoms with Crippen LogP contribution in [0.1, 0.15) is 39.2 Å². The van der Waals surface area contributed by atoms with Gasteiger partial charge < -0.3 is 15.5 Å². The number of hydrogen-bond donors (Lipinski definition) is 2. The normalized spacial score (nSPS) is 20.2. The van der Waals surface area contributed by atoms with Gasteiger partial charge in [-0.05, 0) is 55.7 Å². The van der Waals surface area contributed by atoms with Gasteiger partial charge in [-0.3, -0.25) is 9.10 Å². The highest BCUT2D eigenvalue weighted by Crippen LogP contribution is 2.27. The molecule has 2 fully saturated rings. The first kappa shape index (κ1) is 26.8. The molecule has 2 unspecified atom stereocenters. The monoisotopic (exact) mass is 501 g/mol. The molecular weight excluding hydrogens is 462 g/mol. The largest absolute Gasteiger partial charge is 0.381 e. The summed E-state index contributed by atoms with van der Waals surface area (Å²) in [6, 6.07) is 15.8. The SMILES string of the molecule is CC.CC(=O)N1CCC(Nc2cccc(N(C)S(=O)(=O)N3CCC(Nc4cccc(C)c4)C3)c2)C1. The van der Waals surface area contributed by atoms with Crippen molar-refractivity contribution in [1.82, 2.24) is 9.21 Å². The molecule has 192 valence electrons. The van der Waals surface area contributed by atoms with E-state index in [-0.39, 0.29) is 18.0 Å². The average Bonchev–Trinajstić information content (AvgIpc) is 3.50. The van der Waals surface area contributed by atoms with E-state index < -0.39 is 10.2 Å². The number of amides is 1. The molecular formula is C26H39N5O3S. The zero-order valence-corrected chi connectivity index (χ0v) is 22.3. The van der Waals surface area contributed by atoms with Crippen LogP contribution in [-0.4, -0.2) is 68.8 Å². The zero-order chi connectivity index (χ0) is 25.6. The fourth-order valence-electron chi connectivity index (χ4n) is 4.52. The molecule has 1 amide bonds. The van der Waals surface area contributed by atoms with Gasteiger partial charge in [0.2, 0.25) is 5.91 Å². The molecule has 8 nitrogen and oxygen atoms in total. The first-order chi connectivity index (χ1) is 16.7. The van der Waals surface area contributed by atoms with Crippen LogP contribution in [0.15, 0.2) is 48.5 Å². The van der Waals surface area contributed by atoms with Gasteiger partial charge in [0.1, 0.15) is 0 Å². The number of aryl methyl sites for hydroxylation is 1. The highest BCUT2D eigenvalue weighted by molar-refractivity contribution is 7.90. The molecule has 0 bridgehead atoms. The van der Waals surface area contributed by atoms with Crippen LogP contribution in [0.5, 0.6) is 0 Å². The Hall–Kier alpha value is -2.78. The molecule has 0 saturated carbocycles. The molecule has 0 aliphatic carbocycles. The second-order valence-electron chi connectivity index (χ2n) is 8.98. The van der Waals surface area contributed by atoms with Crippen LogP contribution >= 0.6 is 0 Å². The summed E-state index contributed by atoms with van der Waals surface area (Å²) < 4.78 is 29.5. The van der Waals surface area contributed by atoms with Crippen molar-refractivity contribution in [1.29, 1.82) is 0 Å². The quantitative estimate of drug-likeness (QED) is 0.601. The number of hydrogen-bond acceptors (Lipinski definition) is 5. The zero-order valence-electron chi connectivity index (χ0n) is 21.5. The second-order valence-corrected chi connectivity index (χ2v) is 10.9. The first-order valence-electron chi connectivity index (χ1n) is 12.4. The smallest absolute Gasteiger partial charge is 0.303 e. The fourth-order valence-corrected chi connectivity index (χ4v) is 5.95. The number of likely N-dealkylation sites (tertiary alicyclic amines) is 1. The predicted octanol–water partition coefficient (Wildman–Crippen LogP) is 3.92. The minimum absolute atomic E-state index is 0.0783. The minimum Gasteiger partial charge on any atom is -0.381 e. The van der Waals surface area contributed by atoms with Gasteiger partial charge in [0.15, 0.2) is 0 Å². The Bertz CT molecular complexity index is 1110. The van der Waals surface area contributed by atoms with E-state index in [0.717, 1.165) is 30.8 Å². The summed E-state index contributed by atoms with van der Waals surface area (Å²) in [5.74, 6) is 0.0830. The van der Waals surface area contributed by atoms with Crippen molar-refractivity contribution in [3.05, 3.63) is 54.1 Å². The van der Waals surface area contributed by atoms with Gasteiger partial charge in [0.25, 0.3) is 0 Å². The maximum absolute atomic E-state index is 13.3. The van der Waals surface area contributed by atoms with Crippen molar-refractivity contribution < 1.29 is 13.2 Å². The summed E-state index contributed by atoms with van der Waals surface area (Å²) in [7, 11) is -2.04. The third-order valence-corrected chi connectivity index (χ3v) is 8.31. The topological polar surface area (TPSA) is 85.0 Å². The van der Waals surface area contributed by atoms with Gasteiger partial charge in [-0.2, -0.15) is 12.7 Å². The van der Waals surface area contributed by atoms with Crippen LogP contribution in [0.4, 0.5) is 17.1 Å². The van der Waals surface area contributed by atoms with Crippen molar-refractivity contribution in [2.75, 3.05) is 48.2 Å². The summed E-state index contributed by atoms with van der Waals surface area (Å²) in [6.07, 6.45) is 1.64. The third kappa shape index (κ3) is 6.67. The summed E-state index contributed by atoms with van der Waals surface area (Å²) in [5, 5.41) is 6.90. The highest BCUT2D eigenvalue weighted by atomic mass is 32.2. The Balaban J connectivity index is 0.00000167. The standard InChI is InChI=1S/C24H33N5O3S.C2H6/c1-18-6-4-7-20(14-18)25-23-11-13-29(17-23)33(31,32)27(3)24-9-5-8-21(15-24)26-22-10-12-28(16-22)19(2)30;1-2/h4-9,14-15,22-23,25-26H,10-13,16-17H2,1-3H3;1-2H3. The molecule has 0 spiro atoms. The Kier molecular flexibility index (Phi) is 9.02. The van der Waals surface area contributed by atoms with Crippen molar-refractivity contribution in [3.8, 4) is 0 Å². The molecule has 2 aromatic rings. The van der Waals surface area contributed by atoms with E-state index >= 15 is 0 Å². The predicted molar refractivity (Wildman–Crippen MR) is 144 cm³/mol. The first-order valence-corrected chi connectivity index (χ1v) is 13.8. The van der Waals surface area contributed by atoms with Crippen LogP contribution in [0.3, 0.4) is 0 Å². The van der Waals surface area contributed by atoms with Crippen molar-refractivity contribution >= 4 is 33.2 Å². The highest BCUT2D eigenvalue weighted by Gasteiger charge is 2.34. The molecule has 0 radical (unpaired) electrons. The van der Waals surface area contributed by atoms with Crippen LogP contribution < -0.4 is 14.9 Å². The van der Waals surface area contributed by atoms with Crippen LogP contribution in [0.2, 0.25) is 0 Å². The summed E-state index contributed by atoms with van der Waals surface area (Å²) in [5.41, 5.74) is 3.64. The molecule has 4 rings (SSSR count). The van der Waals surface area contributed by atoms with E-state index in [9.17, 15) is 13.2 Å². The third-order valence-electron chi connectivity index (χ3n) is 6.43. The number of nitrogens with one attached hydrogen (secondary N) is 2. The van der Waals surface area contributed by atoms with E-state index in [1.165, 1.54) is 9.87 Å². The molecule has 35 heavy (non-hydrogen) atoms. The van der Waals surface area contributed by atoms with Crippen LogP contribution in [0, 0.1) is 6.92 Å².